The number of carbonyl (C=O) groups excluding carboxylic acids is 1. The largest absolute Gasteiger partial charge is 0.383 e. The van der Waals surface area contributed by atoms with Crippen molar-refractivity contribution in [2.45, 2.75) is 11.7 Å². The normalized spacial score (nSPS) is 10.8. The highest BCUT2D eigenvalue weighted by Gasteiger charge is 2.16. The third-order valence-electron chi connectivity index (χ3n) is 3.71. The number of aromatic nitrogens is 4. The van der Waals surface area contributed by atoms with Crippen LogP contribution in [-0.2, 0) is 16.1 Å². The van der Waals surface area contributed by atoms with Crippen molar-refractivity contribution in [2.75, 3.05) is 24.8 Å². The molecule has 0 saturated carbocycles. The van der Waals surface area contributed by atoms with E-state index in [4.69, 9.17) is 27.9 Å². The second kappa shape index (κ2) is 9.88. The highest BCUT2D eigenvalue weighted by Crippen LogP contribution is 2.27. The van der Waals surface area contributed by atoms with Crippen molar-refractivity contribution in [3.05, 3.63) is 52.8 Å². The predicted octanol–water partition coefficient (Wildman–Crippen LogP) is 4.02. The zero-order chi connectivity index (χ0) is 19.9. The third-order valence-corrected chi connectivity index (χ3v) is 5.24. The molecule has 3 rings (SSSR count). The Bertz CT molecular complexity index is 952. The number of hydrogen-bond donors (Lipinski definition) is 1. The van der Waals surface area contributed by atoms with Gasteiger partial charge in [0.2, 0.25) is 5.91 Å². The van der Waals surface area contributed by atoms with Crippen LogP contribution in [0.3, 0.4) is 0 Å². The van der Waals surface area contributed by atoms with Gasteiger partial charge in [-0.05, 0) is 30.3 Å². The first-order valence-electron chi connectivity index (χ1n) is 8.28. The van der Waals surface area contributed by atoms with Crippen molar-refractivity contribution in [2.24, 2.45) is 0 Å². The number of amides is 1. The fraction of sp³-hybridized carbons (Fsp3) is 0.222. The molecule has 0 unspecified atom stereocenters. The minimum atomic E-state index is -0.221. The van der Waals surface area contributed by atoms with Crippen molar-refractivity contribution in [3.8, 4) is 11.4 Å². The Morgan fingerprint density at radius 2 is 2.00 bits per heavy atom. The number of rotatable bonds is 8. The highest BCUT2D eigenvalue weighted by molar-refractivity contribution is 7.99. The van der Waals surface area contributed by atoms with Crippen LogP contribution < -0.4 is 5.32 Å². The summed E-state index contributed by atoms with van der Waals surface area (Å²) in [4.78, 5) is 16.3. The van der Waals surface area contributed by atoms with E-state index in [-0.39, 0.29) is 11.7 Å². The zero-order valence-electron chi connectivity index (χ0n) is 14.9. The van der Waals surface area contributed by atoms with Gasteiger partial charge in [-0.1, -0.05) is 35.0 Å². The monoisotopic (exact) mass is 437 g/mol. The first-order chi connectivity index (χ1) is 13.6. The average Bonchev–Trinajstić information content (AvgIpc) is 3.11. The van der Waals surface area contributed by atoms with Gasteiger partial charge in [0.1, 0.15) is 0 Å². The Morgan fingerprint density at radius 3 is 2.75 bits per heavy atom. The molecule has 0 atom stereocenters. The van der Waals surface area contributed by atoms with Gasteiger partial charge >= 0.3 is 0 Å². The number of thioether (sulfide) groups is 1. The van der Waals surface area contributed by atoms with Crippen molar-refractivity contribution >= 4 is 46.6 Å². The molecule has 28 heavy (non-hydrogen) atoms. The summed E-state index contributed by atoms with van der Waals surface area (Å²) in [6, 6.07) is 8.61. The van der Waals surface area contributed by atoms with Gasteiger partial charge < -0.3 is 10.1 Å². The lowest BCUT2D eigenvalue weighted by Crippen LogP contribution is -2.15. The standard InChI is InChI=1S/C18H17Cl2N5O2S/c1-27-9-8-25-17(12-4-6-21-7-5-12)23-24-18(25)28-11-16(26)22-15-10-13(19)2-3-14(15)20/h2-7,10H,8-9,11H2,1H3,(H,22,26). The molecule has 1 aromatic carbocycles. The van der Waals surface area contributed by atoms with E-state index in [2.05, 4.69) is 20.5 Å². The van der Waals surface area contributed by atoms with Crippen LogP contribution in [0.1, 0.15) is 0 Å². The van der Waals surface area contributed by atoms with Crippen LogP contribution in [0, 0.1) is 0 Å². The molecule has 0 aliphatic rings. The molecule has 0 aliphatic heterocycles. The average molecular weight is 438 g/mol. The molecule has 0 aliphatic carbocycles. The van der Waals surface area contributed by atoms with E-state index in [0.29, 0.717) is 39.9 Å². The van der Waals surface area contributed by atoms with Gasteiger partial charge in [0.05, 0.1) is 29.6 Å². The second-order valence-corrected chi connectivity index (χ2v) is 7.43. The van der Waals surface area contributed by atoms with E-state index in [1.807, 2.05) is 16.7 Å². The van der Waals surface area contributed by atoms with Crippen LogP contribution in [0.4, 0.5) is 5.69 Å². The topological polar surface area (TPSA) is 81.9 Å². The number of nitrogens with zero attached hydrogens (tertiary/aromatic N) is 4. The first kappa shape index (κ1) is 20.6. The van der Waals surface area contributed by atoms with Crippen LogP contribution in [0.15, 0.2) is 47.9 Å². The minimum Gasteiger partial charge on any atom is -0.383 e. The van der Waals surface area contributed by atoms with Gasteiger partial charge in [0, 0.05) is 30.1 Å². The number of halogens is 2. The molecule has 2 aromatic heterocycles. The lowest BCUT2D eigenvalue weighted by Gasteiger charge is -2.10. The number of ether oxygens (including phenoxy) is 1. The van der Waals surface area contributed by atoms with E-state index in [1.165, 1.54) is 11.8 Å². The van der Waals surface area contributed by atoms with E-state index in [1.54, 1.807) is 37.7 Å². The molecular formula is C18H17Cl2N5O2S. The summed E-state index contributed by atoms with van der Waals surface area (Å²) < 4.78 is 7.11. The fourth-order valence-corrected chi connectivity index (χ4v) is 3.51. The molecule has 2 heterocycles. The molecule has 0 spiro atoms. The zero-order valence-corrected chi connectivity index (χ0v) is 17.3. The van der Waals surface area contributed by atoms with E-state index in [9.17, 15) is 4.79 Å². The van der Waals surface area contributed by atoms with Crippen molar-refractivity contribution < 1.29 is 9.53 Å². The minimum absolute atomic E-state index is 0.143. The maximum atomic E-state index is 12.3. The molecule has 0 fully saturated rings. The molecule has 3 aromatic rings. The number of hydrogen-bond acceptors (Lipinski definition) is 6. The van der Waals surface area contributed by atoms with Gasteiger partial charge in [0.25, 0.3) is 0 Å². The molecule has 146 valence electrons. The Labute approximate surface area is 176 Å². The Kier molecular flexibility index (Phi) is 7.27. The Balaban J connectivity index is 1.72. The molecule has 0 radical (unpaired) electrons. The summed E-state index contributed by atoms with van der Waals surface area (Å²) in [5.41, 5.74) is 1.36. The van der Waals surface area contributed by atoms with Gasteiger partial charge in [-0.3, -0.25) is 14.3 Å². The molecule has 10 heteroatoms. The van der Waals surface area contributed by atoms with Crippen LogP contribution in [0.2, 0.25) is 10.0 Å². The van der Waals surface area contributed by atoms with Gasteiger partial charge in [0.15, 0.2) is 11.0 Å². The summed E-state index contributed by atoms with van der Waals surface area (Å²) in [6.07, 6.45) is 3.39. The first-order valence-corrected chi connectivity index (χ1v) is 10.0. The van der Waals surface area contributed by atoms with Crippen LogP contribution in [0.5, 0.6) is 0 Å². The predicted molar refractivity (Wildman–Crippen MR) is 111 cm³/mol. The summed E-state index contributed by atoms with van der Waals surface area (Å²) in [6.45, 7) is 1.05. The molecular weight excluding hydrogens is 421 g/mol. The third kappa shape index (κ3) is 5.23. The lowest BCUT2D eigenvalue weighted by molar-refractivity contribution is -0.113. The smallest absolute Gasteiger partial charge is 0.234 e. The molecule has 0 bridgehead atoms. The number of carbonyl (C=O) groups is 1. The summed E-state index contributed by atoms with van der Waals surface area (Å²) in [5.74, 6) is 0.616. The summed E-state index contributed by atoms with van der Waals surface area (Å²) in [5, 5.41) is 12.8. The van der Waals surface area contributed by atoms with Crippen molar-refractivity contribution in [1.82, 2.24) is 19.7 Å². The molecule has 1 N–H and O–H groups in total. The Morgan fingerprint density at radius 1 is 1.21 bits per heavy atom. The van der Waals surface area contributed by atoms with E-state index in [0.717, 1.165) is 5.56 Å². The molecule has 7 nitrogen and oxygen atoms in total. The summed E-state index contributed by atoms with van der Waals surface area (Å²) >= 11 is 13.3. The van der Waals surface area contributed by atoms with Crippen LogP contribution >= 0.6 is 35.0 Å². The number of nitrogens with one attached hydrogen (secondary N) is 1. The number of benzene rings is 1. The van der Waals surface area contributed by atoms with Crippen molar-refractivity contribution in [3.63, 3.8) is 0 Å². The highest BCUT2D eigenvalue weighted by atomic mass is 35.5. The van der Waals surface area contributed by atoms with Crippen LogP contribution in [0.25, 0.3) is 11.4 Å². The Hall–Kier alpha value is -2.13. The van der Waals surface area contributed by atoms with Crippen molar-refractivity contribution in [1.29, 1.82) is 0 Å². The lowest BCUT2D eigenvalue weighted by atomic mass is 10.2. The SMILES string of the molecule is COCCn1c(SCC(=O)Nc2cc(Cl)ccc2Cl)nnc1-c1ccncc1. The quantitative estimate of drug-likeness (QED) is 0.535. The second-order valence-electron chi connectivity index (χ2n) is 5.65. The maximum Gasteiger partial charge on any atom is 0.234 e. The number of anilines is 1. The van der Waals surface area contributed by atoms with E-state index < -0.39 is 0 Å². The van der Waals surface area contributed by atoms with Gasteiger partial charge in [-0.15, -0.1) is 10.2 Å². The van der Waals surface area contributed by atoms with Gasteiger partial charge in [-0.25, -0.2) is 0 Å². The van der Waals surface area contributed by atoms with E-state index >= 15 is 0 Å². The summed E-state index contributed by atoms with van der Waals surface area (Å²) in [7, 11) is 1.63. The maximum absolute atomic E-state index is 12.3. The molecule has 1 amide bonds. The number of pyridine rings is 1. The fourth-order valence-electron chi connectivity index (χ4n) is 2.40. The molecule has 0 saturated heterocycles. The van der Waals surface area contributed by atoms with Crippen LogP contribution in [-0.4, -0.2) is 45.1 Å². The van der Waals surface area contributed by atoms with Gasteiger partial charge in [-0.2, -0.15) is 0 Å². The number of methoxy groups -OCH3 is 1.